The van der Waals surface area contributed by atoms with Crippen molar-refractivity contribution >= 4 is 13.8 Å². The molecule has 12 heavy (non-hydrogen) atoms. The molecule has 0 amide bonds. The highest BCUT2D eigenvalue weighted by atomic mass is 19.1. The van der Waals surface area contributed by atoms with Gasteiger partial charge in [0.05, 0.1) is 7.85 Å². The summed E-state index contributed by atoms with van der Waals surface area (Å²) < 4.78 is 12.9. The lowest BCUT2D eigenvalue weighted by atomic mass is 9.81. The Hall–Kier alpha value is -1.32. The van der Waals surface area contributed by atoms with Crippen LogP contribution in [-0.4, -0.2) is 18.9 Å². The van der Waals surface area contributed by atoms with Crippen molar-refractivity contribution in [2.24, 2.45) is 0 Å². The average molecular weight is 164 g/mol. The zero-order valence-electron chi connectivity index (χ0n) is 6.20. The Labute approximate surface area is 70.4 Å². The second-order valence-electron chi connectivity index (χ2n) is 2.34. The van der Waals surface area contributed by atoms with Gasteiger partial charge in [0.25, 0.3) is 0 Å². The molecule has 0 aliphatic heterocycles. The van der Waals surface area contributed by atoms with Gasteiger partial charge in [0, 0.05) is 5.82 Å². The summed E-state index contributed by atoms with van der Waals surface area (Å²) in [6.45, 7) is 0. The summed E-state index contributed by atoms with van der Waals surface area (Å²) in [6, 6.07) is 5.56. The molecule has 0 saturated heterocycles. The van der Waals surface area contributed by atoms with Gasteiger partial charge in [-0.2, -0.15) is 0 Å². The van der Waals surface area contributed by atoms with E-state index < -0.39 is 17.6 Å². The molecule has 4 heteroatoms. The Morgan fingerprint density at radius 1 is 1.50 bits per heavy atom. The highest BCUT2D eigenvalue weighted by molar-refractivity contribution is 6.23. The van der Waals surface area contributed by atoms with Crippen LogP contribution in [0, 0.1) is 5.82 Å². The van der Waals surface area contributed by atoms with Crippen molar-refractivity contribution in [1.82, 2.24) is 0 Å². The highest BCUT2D eigenvalue weighted by Gasteiger charge is 2.15. The first-order valence-corrected chi connectivity index (χ1v) is 3.35. The SMILES string of the molecule is [B]C(C(=O)O)c1ccccc1F. The summed E-state index contributed by atoms with van der Waals surface area (Å²) in [4.78, 5) is 10.4. The summed E-state index contributed by atoms with van der Waals surface area (Å²) in [5.41, 5.74) is 0.00463. The quantitative estimate of drug-likeness (QED) is 0.664. The minimum atomic E-state index is -1.29. The Bertz CT molecular complexity index is 301. The van der Waals surface area contributed by atoms with Crippen molar-refractivity contribution in [2.45, 2.75) is 5.82 Å². The van der Waals surface area contributed by atoms with E-state index in [1.165, 1.54) is 18.2 Å². The van der Waals surface area contributed by atoms with Gasteiger partial charge < -0.3 is 5.11 Å². The molecule has 1 atom stereocenters. The number of rotatable bonds is 2. The molecule has 0 bridgehead atoms. The molecule has 0 fully saturated rings. The van der Waals surface area contributed by atoms with Gasteiger partial charge in [-0.25, -0.2) is 4.39 Å². The fourth-order valence-corrected chi connectivity index (χ4v) is 0.860. The van der Waals surface area contributed by atoms with Gasteiger partial charge >= 0.3 is 5.97 Å². The van der Waals surface area contributed by atoms with Gasteiger partial charge in [0.15, 0.2) is 0 Å². The largest absolute Gasteiger partial charge is 0.481 e. The molecule has 0 spiro atoms. The van der Waals surface area contributed by atoms with Gasteiger partial charge in [-0.15, -0.1) is 0 Å². The third-order valence-corrected chi connectivity index (χ3v) is 1.51. The van der Waals surface area contributed by atoms with Crippen LogP contribution in [0.5, 0.6) is 0 Å². The lowest BCUT2D eigenvalue weighted by molar-refractivity contribution is -0.136. The summed E-state index contributed by atoms with van der Waals surface area (Å²) >= 11 is 0. The summed E-state index contributed by atoms with van der Waals surface area (Å²) in [6.07, 6.45) is 0. The minimum Gasteiger partial charge on any atom is -0.481 e. The van der Waals surface area contributed by atoms with Crippen LogP contribution in [0.2, 0.25) is 0 Å². The first kappa shape index (κ1) is 8.78. The molecule has 0 aliphatic carbocycles. The molecule has 1 aromatic carbocycles. The normalized spacial score (nSPS) is 12.4. The number of hydrogen-bond donors (Lipinski definition) is 1. The predicted octanol–water partition coefficient (Wildman–Crippen LogP) is 1.12. The fourth-order valence-electron chi connectivity index (χ4n) is 0.860. The van der Waals surface area contributed by atoms with Crippen molar-refractivity contribution in [2.75, 3.05) is 0 Å². The number of hydrogen-bond acceptors (Lipinski definition) is 1. The maximum absolute atomic E-state index is 12.9. The molecule has 0 aromatic heterocycles. The summed E-state index contributed by atoms with van der Waals surface area (Å²) in [5, 5.41) is 8.47. The van der Waals surface area contributed by atoms with Gasteiger partial charge in [-0.1, -0.05) is 18.2 Å². The Balaban J connectivity index is 3.02. The molecule has 1 N–H and O–H groups in total. The van der Waals surface area contributed by atoms with Crippen LogP contribution >= 0.6 is 0 Å². The zero-order valence-corrected chi connectivity index (χ0v) is 6.20. The van der Waals surface area contributed by atoms with Gasteiger partial charge in [-0.05, 0) is 11.6 Å². The molecule has 1 unspecified atom stereocenters. The molecular formula is C8H6BFO2. The number of carboxylic acids is 1. The van der Waals surface area contributed by atoms with Crippen LogP contribution in [0.4, 0.5) is 4.39 Å². The minimum absolute atomic E-state index is 0.00463. The lowest BCUT2D eigenvalue weighted by Gasteiger charge is -2.06. The smallest absolute Gasteiger partial charge is 0.302 e. The van der Waals surface area contributed by atoms with E-state index in [9.17, 15) is 9.18 Å². The van der Waals surface area contributed by atoms with E-state index >= 15 is 0 Å². The van der Waals surface area contributed by atoms with E-state index in [1.807, 2.05) is 0 Å². The molecule has 0 aliphatic rings. The Morgan fingerprint density at radius 2 is 2.08 bits per heavy atom. The number of benzene rings is 1. The van der Waals surface area contributed by atoms with Crippen molar-refractivity contribution < 1.29 is 14.3 Å². The average Bonchev–Trinajstić information content (AvgIpc) is 2.04. The van der Waals surface area contributed by atoms with Crippen molar-refractivity contribution in [3.05, 3.63) is 35.6 Å². The molecule has 60 valence electrons. The number of carbonyl (C=O) groups is 1. The summed E-state index contributed by atoms with van der Waals surface area (Å²) in [7, 11) is 5.20. The monoisotopic (exact) mass is 164 g/mol. The zero-order chi connectivity index (χ0) is 9.14. The molecule has 2 nitrogen and oxygen atoms in total. The van der Waals surface area contributed by atoms with Crippen LogP contribution in [0.1, 0.15) is 11.4 Å². The molecule has 0 saturated carbocycles. The molecule has 0 heterocycles. The van der Waals surface area contributed by atoms with Gasteiger partial charge in [0.1, 0.15) is 5.82 Å². The van der Waals surface area contributed by atoms with E-state index in [0.717, 1.165) is 0 Å². The fraction of sp³-hybridized carbons (Fsp3) is 0.125. The number of aliphatic carboxylic acids is 1. The third-order valence-electron chi connectivity index (χ3n) is 1.51. The molecule has 1 aromatic rings. The second-order valence-corrected chi connectivity index (χ2v) is 2.34. The van der Waals surface area contributed by atoms with E-state index in [0.29, 0.717) is 0 Å². The Morgan fingerprint density at radius 3 is 2.58 bits per heavy atom. The molecule has 1 rings (SSSR count). The predicted molar refractivity (Wildman–Crippen MR) is 42.5 cm³/mol. The lowest BCUT2D eigenvalue weighted by Crippen LogP contribution is -2.12. The van der Waals surface area contributed by atoms with Crippen LogP contribution in [0.15, 0.2) is 24.3 Å². The van der Waals surface area contributed by atoms with Crippen LogP contribution < -0.4 is 0 Å². The molecule has 2 radical (unpaired) electrons. The number of carboxylic acid groups (broad SMARTS) is 1. The van der Waals surface area contributed by atoms with E-state index in [1.54, 1.807) is 6.07 Å². The first-order valence-electron chi connectivity index (χ1n) is 3.35. The Kier molecular flexibility index (Phi) is 2.48. The van der Waals surface area contributed by atoms with Crippen LogP contribution in [0.25, 0.3) is 0 Å². The topological polar surface area (TPSA) is 37.3 Å². The standard InChI is InChI=1S/C8H6BFO2/c9-7(8(11)12)5-3-1-2-4-6(5)10/h1-4,7H,(H,11,12). The molecular weight excluding hydrogens is 158 g/mol. The van der Waals surface area contributed by atoms with E-state index in [4.69, 9.17) is 13.0 Å². The van der Waals surface area contributed by atoms with E-state index in [-0.39, 0.29) is 5.56 Å². The first-order chi connectivity index (χ1) is 5.63. The maximum atomic E-state index is 12.9. The highest BCUT2D eigenvalue weighted by Crippen LogP contribution is 2.15. The van der Waals surface area contributed by atoms with Crippen molar-refractivity contribution in [3.8, 4) is 0 Å². The maximum Gasteiger partial charge on any atom is 0.302 e. The second kappa shape index (κ2) is 3.39. The number of halogens is 1. The van der Waals surface area contributed by atoms with E-state index in [2.05, 4.69) is 0 Å². The van der Waals surface area contributed by atoms with Crippen LogP contribution in [-0.2, 0) is 4.79 Å². The third kappa shape index (κ3) is 1.64. The van der Waals surface area contributed by atoms with Gasteiger partial charge in [0.2, 0.25) is 0 Å². The van der Waals surface area contributed by atoms with Crippen molar-refractivity contribution in [1.29, 1.82) is 0 Å². The summed E-state index contributed by atoms with van der Waals surface area (Å²) in [5.74, 6) is -3.11. The van der Waals surface area contributed by atoms with Gasteiger partial charge in [-0.3, -0.25) is 4.79 Å². The van der Waals surface area contributed by atoms with Crippen molar-refractivity contribution in [3.63, 3.8) is 0 Å². The van der Waals surface area contributed by atoms with Crippen LogP contribution in [0.3, 0.4) is 0 Å².